The zero-order valence-electron chi connectivity index (χ0n) is 15.3. The molecule has 29 heavy (non-hydrogen) atoms. The number of carbonyl (C=O) groups excluding carboxylic acids is 2. The van der Waals surface area contributed by atoms with E-state index >= 15 is 0 Å². The molecule has 3 aromatic rings. The largest absolute Gasteiger partial charge is 0.450 e. The maximum atomic E-state index is 14.5. The quantitative estimate of drug-likeness (QED) is 0.588. The summed E-state index contributed by atoms with van der Waals surface area (Å²) in [6.45, 7) is 1.78. The molecule has 0 aliphatic heterocycles. The topological polar surface area (TPSA) is 86.1 Å². The Kier molecular flexibility index (Phi) is 6.84. The van der Waals surface area contributed by atoms with Crippen LogP contribution in [0.4, 0.5) is 9.18 Å². The highest BCUT2D eigenvalue weighted by atomic mass is 35.5. The zero-order valence-corrected chi connectivity index (χ0v) is 16.8. The predicted octanol–water partition coefficient (Wildman–Crippen LogP) is 4.09. The molecular formula is C19H16ClFN4O3S. The summed E-state index contributed by atoms with van der Waals surface area (Å²) in [6.07, 6.45) is -0.828. The van der Waals surface area contributed by atoms with Gasteiger partial charge in [-0.3, -0.25) is 14.7 Å². The molecule has 0 radical (unpaired) electrons. The van der Waals surface area contributed by atoms with Crippen molar-refractivity contribution >= 4 is 35.4 Å². The Morgan fingerprint density at radius 1 is 1.17 bits per heavy atom. The number of nitrogens with one attached hydrogen (secondary N) is 1. The second-order valence-corrected chi connectivity index (χ2v) is 6.98. The molecule has 0 fully saturated rings. The summed E-state index contributed by atoms with van der Waals surface area (Å²) in [4.78, 5) is 23.3. The Hall–Kier alpha value is -2.91. The molecule has 0 atom stereocenters. The fourth-order valence-electron chi connectivity index (χ4n) is 2.48. The first-order chi connectivity index (χ1) is 14.0. The van der Waals surface area contributed by atoms with Gasteiger partial charge in [-0.15, -0.1) is 10.2 Å². The Morgan fingerprint density at radius 3 is 2.62 bits per heavy atom. The maximum Gasteiger partial charge on any atom is 0.413 e. The van der Waals surface area contributed by atoms with Crippen molar-refractivity contribution in [2.75, 3.05) is 12.4 Å². The van der Waals surface area contributed by atoms with Crippen LogP contribution in [0.15, 0.2) is 53.7 Å². The number of rotatable bonds is 6. The lowest BCUT2D eigenvalue weighted by molar-refractivity contribution is -0.117. The summed E-state index contributed by atoms with van der Waals surface area (Å²) in [6, 6.07) is 13.1. The van der Waals surface area contributed by atoms with Crippen molar-refractivity contribution in [2.24, 2.45) is 0 Å². The Labute approximate surface area is 175 Å². The van der Waals surface area contributed by atoms with Crippen LogP contribution in [0.25, 0.3) is 17.1 Å². The second kappa shape index (κ2) is 9.53. The van der Waals surface area contributed by atoms with Gasteiger partial charge in [0.2, 0.25) is 5.91 Å². The van der Waals surface area contributed by atoms with Gasteiger partial charge in [0.25, 0.3) is 0 Å². The Bertz CT molecular complexity index is 1040. The minimum absolute atomic E-state index is 0.145. The van der Waals surface area contributed by atoms with E-state index in [1.54, 1.807) is 49.4 Å². The number of alkyl carbamates (subject to hydrolysis) is 1. The zero-order chi connectivity index (χ0) is 20.8. The third-order valence-corrected chi connectivity index (χ3v) is 4.95. The molecule has 1 heterocycles. The van der Waals surface area contributed by atoms with Gasteiger partial charge >= 0.3 is 6.09 Å². The van der Waals surface area contributed by atoms with Gasteiger partial charge in [-0.05, 0) is 31.2 Å². The lowest BCUT2D eigenvalue weighted by atomic mass is 10.2. The number of para-hydroxylation sites is 1. The van der Waals surface area contributed by atoms with Crippen LogP contribution in [-0.4, -0.2) is 39.1 Å². The van der Waals surface area contributed by atoms with Crippen LogP contribution in [0.1, 0.15) is 6.92 Å². The first kappa shape index (κ1) is 20.8. The first-order valence-corrected chi connectivity index (χ1v) is 9.92. The van der Waals surface area contributed by atoms with Gasteiger partial charge in [0.05, 0.1) is 23.1 Å². The van der Waals surface area contributed by atoms with Crippen LogP contribution < -0.4 is 5.32 Å². The van der Waals surface area contributed by atoms with Crippen LogP contribution in [0.2, 0.25) is 5.02 Å². The van der Waals surface area contributed by atoms with E-state index in [4.69, 9.17) is 11.6 Å². The lowest BCUT2D eigenvalue weighted by Crippen LogP contribution is -2.32. The van der Waals surface area contributed by atoms with Crippen molar-refractivity contribution < 1.29 is 18.7 Å². The molecule has 0 bridgehead atoms. The van der Waals surface area contributed by atoms with Crippen LogP contribution in [-0.2, 0) is 9.53 Å². The Morgan fingerprint density at radius 2 is 1.90 bits per heavy atom. The maximum absolute atomic E-state index is 14.5. The monoisotopic (exact) mass is 434 g/mol. The number of thioether (sulfide) groups is 1. The number of hydrogen-bond donors (Lipinski definition) is 1. The molecule has 0 aliphatic rings. The number of aromatic nitrogens is 3. The standard InChI is InChI=1S/C19H16ClFN4O3S/c1-2-28-19(27)22-16(26)11-29-18-24-23-17(12-7-3-4-8-13(12)20)25(18)15-10-6-5-9-14(15)21/h3-10H,2,11H2,1H3,(H,22,26,27). The summed E-state index contributed by atoms with van der Waals surface area (Å²) in [5.74, 6) is -0.878. The number of nitrogens with zero attached hydrogens (tertiary/aromatic N) is 3. The molecule has 0 aliphatic carbocycles. The highest BCUT2D eigenvalue weighted by Gasteiger charge is 2.21. The molecule has 3 rings (SSSR count). The minimum Gasteiger partial charge on any atom is -0.450 e. The van der Waals surface area contributed by atoms with E-state index in [2.05, 4.69) is 20.3 Å². The van der Waals surface area contributed by atoms with Crippen LogP contribution in [0, 0.1) is 5.82 Å². The van der Waals surface area contributed by atoms with Gasteiger partial charge in [0, 0.05) is 5.56 Å². The number of halogens is 2. The van der Waals surface area contributed by atoms with Crippen LogP contribution >= 0.6 is 23.4 Å². The number of amides is 2. The molecule has 2 aromatic carbocycles. The minimum atomic E-state index is -0.828. The van der Waals surface area contributed by atoms with Crippen LogP contribution in [0.5, 0.6) is 0 Å². The lowest BCUT2D eigenvalue weighted by Gasteiger charge is -2.12. The van der Waals surface area contributed by atoms with Gasteiger partial charge in [-0.1, -0.05) is 47.6 Å². The summed E-state index contributed by atoms with van der Waals surface area (Å²) < 4.78 is 20.7. The molecular weight excluding hydrogens is 419 g/mol. The Balaban J connectivity index is 1.94. The normalized spacial score (nSPS) is 10.6. The van der Waals surface area contributed by atoms with E-state index in [0.29, 0.717) is 16.4 Å². The van der Waals surface area contributed by atoms with Crippen molar-refractivity contribution in [2.45, 2.75) is 12.1 Å². The number of imide groups is 1. The third kappa shape index (κ3) is 4.93. The van der Waals surface area contributed by atoms with Crippen molar-refractivity contribution in [3.8, 4) is 17.1 Å². The molecule has 150 valence electrons. The summed E-state index contributed by atoms with van der Waals surface area (Å²) in [5, 5.41) is 11.0. The van der Waals surface area contributed by atoms with E-state index in [-0.39, 0.29) is 23.2 Å². The SMILES string of the molecule is CCOC(=O)NC(=O)CSc1nnc(-c2ccccc2Cl)n1-c1ccccc1F. The molecule has 1 N–H and O–H groups in total. The summed E-state index contributed by atoms with van der Waals surface area (Å²) >= 11 is 7.28. The molecule has 10 heteroatoms. The summed E-state index contributed by atoms with van der Waals surface area (Å²) in [7, 11) is 0. The van der Waals surface area contributed by atoms with Gasteiger partial charge in [0.1, 0.15) is 5.82 Å². The van der Waals surface area contributed by atoms with E-state index in [1.165, 1.54) is 10.6 Å². The van der Waals surface area contributed by atoms with Crippen molar-refractivity contribution in [3.05, 3.63) is 59.4 Å². The van der Waals surface area contributed by atoms with Crippen molar-refractivity contribution in [1.29, 1.82) is 0 Å². The molecule has 0 saturated heterocycles. The van der Waals surface area contributed by atoms with Gasteiger partial charge in [-0.2, -0.15) is 0 Å². The highest BCUT2D eigenvalue weighted by Crippen LogP contribution is 2.32. The number of hydrogen-bond acceptors (Lipinski definition) is 6. The summed E-state index contributed by atoms with van der Waals surface area (Å²) in [5.41, 5.74) is 0.772. The first-order valence-electron chi connectivity index (χ1n) is 8.56. The van der Waals surface area contributed by atoms with Gasteiger partial charge < -0.3 is 4.74 Å². The molecule has 7 nitrogen and oxygen atoms in total. The van der Waals surface area contributed by atoms with E-state index in [9.17, 15) is 14.0 Å². The van der Waals surface area contributed by atoms with E-state index in [1.807, 2.05) is 0 Å². The average molecular weight is 435 g/mol. The van der Waals surface area contributed by atoms with Crippen LogP contribution in [0.3, 0.4) is 0 Å². The fourth-order valence-corrected chi connectivity index (χ4v) is 3.44. The molecule has 0 saturated carbocycles. The number of ether oxygens (including phenoxy) is 1. The van der Waals surface area contributed by atoms with E-state index < -0.39 is 17.8 Å². The predicted molar refractivity (Wildman–Crippen MR) is 108 cm³/mol. The number of carbonyl (C=O) groups is 2. The average Bonchev–Trinajstić information content (AvgIpc) is 3.10. The molecule has 0 unspecified atom stereocenters. The van der Waals surface area contributed by atoms with Crippen molar-refractivity contribution in [1.82, 2.24) is 20.1 Å². The molecule has 1 aromatic heterocycles. The number of benzene rings is 2. The van der Waals surface area contributed by atoms with Crippen molar-refractivity contribution in [3.63, 3.8) is 0 Å². The fraction of sp³-hybridized carbons (Fsp3) is 0.158. The molecule has 0 spiro atoms. The third-order valence-electron chi connectivity index (χ3n) is 3.69. The van der Waals surface area contributed by atoms with Gasteiger partial charge in [-0.25, -0.2) is 9.18 Å². The highest BCUT2D eigenvalue weighted by molar-refractivity contribution is 7.99. The second-order valence-electron chi connectivity index (χ2n) is 5.63. The molecule has 2 amide bonds. The van der Waals surface area contributed by atoms with E-state index in [0.717, 1.165) is 11.8 Å². The smallest absolute Gasteiger partial charge is 0.413 e. The van der Waals surface area contributed by atoms with Gasteiger partial charge in [0.15, 0.2) is 11.0 Å².